The minimum absolute atomic E-state index is 0.127. The summed E-state index contributed by atoms with van der Waals surface area (Å²) >= 11 is 0. The van der Waals surface area contributed by atoms with Gasteiger partial charge in [-0.3, -0.25) is 14.9 Å². The van der Waals surface area contributed by atoms with Gasteiger partial charge in [0.05, 0.1) is 0 Å². The molecule has 0 radical (unpaired) electrons. The van der Waals surface area contributed by atoms with Gasteiger partial charge in [-0.2, -0.15) is 0 Å². The van der Waals surface area contributed by atoms with Crippen LogP contribution in [0, 0.1) is 10.1 Å². The lowest BCUT2D eigenvalue weighted by Crippen LogP contribution is -2.28. The van der Waals surface area contributed by atoms with Crippen molar-refractivity contribution in [3.8, 4) is 0 Å². The summed E-state index contributed by atoms with van der Waals surface area (Å²) in [6.45, 7) is 0. The zero-order valence-corrected chi connectivity index (χ0v) is 16.6. The number of aliphatic carboxylic acids is 2. The van der Waals surface area contributed by atoms with Crippen LogP contribution in [0.4, 0.5) is 0 Å². The largest absolute Gasteiger partial charge is 0.481 e. The van der Waals surface area contributed by atoms with Gasteiger partial charge >= 0.3 is 18.0 Å². The van der Waals surface area contributed by atoms with E-state index in [0.717, 1.165) is 38.5 Å². The first-order valence-electron chi connectivity index (χ1n) is 10.5. The summed E-state index contributed by atoms with van der Waals surface area (Å²) in [5, 5.41) is 27.8. The Morgan fingerprint density at radius 3 is 1.30 bits per heavy atom. The van der Waals surface area contributed by atoms with Gasteiger partial charge < -0.3 is 10.2 Å². The Morgan fingerprint density at radius 1 is 0.667 bits per heavy atom. The van der Waals surface area contributed by atoms with Crippen LogP contribution in [0.25, 0.3) is 0 Å². The highest BCUT2D eigenvalue weighted by Gasteiger charge is 2.27. The SMILES string of the molecule is O=C(O)CCCCCCCCCCCCCCCCCC(C(=O)O)[N+](=O)[O-]. The number of unbranched alkanes of at least 4 members (excludes halogenated alkanes) is 14. The van der Waals surface area contributed by atoms with E-state index in [9.17, 15) is 19.7 Å². The summed E-state index contributed by atoms with van der Waals surface area (Å²) in [7, 11) is 0. The Bertz CT molecular complexity index is 399. The van der Waals surface area contributed by atoms with Gasteiger partial charge in [0.2, 0.25) is 0 Å². The Kier molecular flexibility index (Phi) is 16.6. The molecule has 0 rings (SSSR count). The van der Waals surface area contributed by atoms with Gasteiger partial charge in [0.1, 0.15) is 0 Å². The molecule has 0 saturated carbocycles. The number of nitro groups is 1. The van der Waals surface area contributed by atoms with Crippen molar-refractivity contribution in [2.45, 2.75) is 115 Å². The molecule has 0 heterocycles. The fraction of sp³-hybridized carbons (Fsp3) is 0.900. The predicted molar refractivity (Wildman–Crippen MR) is 105 cm³/mol. The van der Waals surface area contributed by atoms with E-state index in [-0.39, 0.29) is 6.42 Å². The van der Waals surface area contributed by atoms with Crippen molar-refractivity contribution in [1.82, 2.24) is 0 Å². The van der Waals surface area contributed by atoms with E-state index >= 15 is 0 Å². The Hall–Kier alpha value is -1.66. The second-order valence-electron chi connectivity index (χ2n) is 7.38. The fourth-order valence-electron chi connectivity index (χ4n) is 3.23. The van der Waals surface area contributed by atoms with E-state index in [0.29, 0.717) is 12.8 Å². The second kappa shape index (κ2) is 17.7. The summed E-state index contributed by atoms with van der Waals surface area (Å²) < 4.78 is 0. The number of hydrogen-bond donors (Lipinski definition) is 2. The zero-order valence-electron chi connectivity index (χ0n) is 16.6. The molecule has 7 heteroatoms. The lowest BCUT2D eigenvalue weighted by molar-refractivity contribution is -0.511. The van der Waals surface area contributed by atoms with Crippen LogP contribution < -0.4 is 0 Å². The van der Waals surface area contributed by atoms with Crippen LogP contribution in [-0.4, -0.2) is 33.1 Å². The van der Waals surface area contributed by atoms with E-state index in [4.69, 9.17) is 10.2 Å². The Balaban J connectivity index is 3.22. The lowest BCUT2D eigenvalue weighted by Gasteiger charge is -2.05. The first kappa shape index (κ1) is 25.3. The molecule has 0 aromatic heterocycles. The average Bonchev–Trinajstić information content (AvgIpc) is 2.59. The Morgan fingerprint density at radius 2 is 1.00 bits per heavy atom. The smallest absolute Gasteiger partial charge is 0.379 e. The molecule has 7 nitrogen and oxygen atoms in total. The van der Waals surface area contributed by atoms with Crippen molar-refractivity contribution in [2.75, 3.05) is 0 Å². The van der Waals surface area contributed by atoms with Crippen LogP contribution in [-0.2, 0) is 9.59 Å². The summed E-state index contributed by atoms with van der Waals surface area (Å²) in [5.41, 5.74) is 0. The second-order valence-corrected chi connectivity index (χ2v) is 7.38. The van der Waals surface area contributed by atoms with E-state index in [1.807, 2.05) is 0 Å². The van der Waals surface area contributed by atoms with Crippen LogP contribution >= 0.6 is 0 Å². The molecule has 0 spiro atoms. The highest BCUT2D eigenvalue weighted by molar-refractivity contribution is 5.71. The van der Waals surface area contributed by atoms with Crippen molar-refractivity contribution < 1.29 is 24.7 Å². The third-order valence-electron chi connectivity index (χ3n) is 4.91. The number of hydrogen-bond acceptors (Lipinski definition) is 4. The molecule has 27 heavy (non-hydrogen) atoms. The van der Waals surface area contributed by atoms with Gasteiger partial charge in [-0.05, 0) is 12.8 Å². The molecule has 2 N–H and O–H groups in total. The summed E-state index contributed by atoms with van der Waals surface area (Å²) in [6.07, 6.45) is 16.9. The first-order chi connectivity index (χ1) is 12.9. The maximum atomic E-state index is 10.7. The Labute approximate surface area is 162 Å². The van der Waals surface area contributed by atoms with Gasteiger partial charge in [-0.25, -0.2) is 4.79 Å². The minimum atomic E-state index is -1.45. The van der Waals surface area contributed by atoms with Crippen LogP contribution in [0.1, 0.15) is 109 Å². The number of carboxylic acids is 2. The molecule has 0 aromatic carbocycles. The summed E-state index contributed by atoms with van der Waals surface area (Å²) in [4.78, 5) is 30.9. The normalized spacial score (nSPS) is 12.0. The summed E-state index contributed by atoms with van der Waals surface area (Å²) in [5.74, 6) is -2.03. The van der Waals surface area contributed by atoms with Gasteiger partial charge in [-0.1, -0.05) is 83.5 Å². The monoisotopic (exact) mass is 387 g/mol. The van der Waals surface area contributed by atoms with Gasteiger partial charge in [0, 0.05) is 17.8 Å². The first-order valence-corrected chi connectivity index (χ1v) is 10.5. The average molecular weight is 388 g/mol. The number of nitrogens with zero attached hydrogens (tertiary/aromatic N) is 1. The molecule has 1 unspecified atom stereocenters. The van der Waals surface area contributed by atoms with Crippen molar-refractivity contribution in [3.05, 3.63) is 10.1 Å². The quantitative estimate of drug-likeness (QED) is 0.163. The fourth-order valence-corrected chi connectivity index (χ4v) is 3.23. The maximum Gasteiger partial charge on any atom is 0.379 e. The molecule has 0 aliphatic heterocycles. The molecule has 0 aliphatic carbocycles. The zero-order chi connectivity index (χ0) is 20.3. The van der Waals surface area contributed by atoms with E-state index in [1.54, 1.807) is 0 Å². The molecule has 0 amide bonds. The molecule has 0 saturated heterocycles. The topological polar surface area (TPSA) is 118 Å². The van der Waals surface area contributed by atoms with Crippen molar-refractivity contribution >= 4 is 11.9 Å². The van der Waals surface area contributed by atoms with Crippen molar-refractivity contribution in [1.29, 1.82) is 0 Å². The number of carboxylic acid groups (broad SMARTS) is 2. The van der Waals surface area contributed by atoms with Gasteiger partial charge in [-0.15, -0.1) is 0 Å². The third-order valence-corrected chi connectivity index (χ3v) is 4.91. The predicted octanol–water partition coefficient (Wildman–Crippen LogP) is 5.43. The molecular weight excluding hydrogens is 350 g/mol. The van der Waals surface area contributed by atoms with Gasteiger partial charge in [0.25, 0.3) is 0 Å². The standard InChI is InChI=1S/C20H37NO6/c22-19(23)17-15-13-11-9-7-5-3-1-2-4-6-8-10-12-14-16-18(20(24)25)21(26)27/h18H,1-17H2,(H,22,23)(H,24,25). The number of carbonyl (C=O) groups is 2. The van der Waals surface area contributed by atoms with E-state index in [2.05, 4.69) is 0 Å². The van der Waals surface area contributed by atoms with E-state index in [1.165, 1.54) is 51.4 Å². The highest BCUT2D eigenvalue weighted by atomic mass is 16.6. The molecule has 0 aromatic rings. The molecule has 158 valence electrons. The van der Waals surface area contributed by atoms with Crippen molar-refractivity contribution in [3.63, 3.8) is 0 Å². The molecule has 0 fully saturated rings. The van der Waals surface area contributed by atoms with Crippen LogP contribution in [0.5, 0.6) is 0 Å². The molecule has 0 bridgehead atoms. The maximum absolute atomic E-state index is 10.7. The minimum Gasteiger partial charge on any atom is -0.481 e. The third kappa shape index (κ3) is 17.5. The van der Waals surface area contributed by atoms with Gasteiger partial charge in [0.15, 0.2) is 0 Å². The number of rotatable bonds is 20. The summed E-state index contributed by atoms with van der Waals surface area (Å²) in [6, 6.07) is -1.45. The van der Waals surface area contributed by atoms with E-state index < -0.39 is 22.9 Å². The van der Waals surface area contributed by atoms with Crippen LogP contribution in [0.3, 0.4) is 0 Å². The molecular formula is C20H37NO6. The lowest BCUT2D eigenvalue weighted by atomic mass is 10.0. The molecule has 1 atom stereocenters. The highest BCUT2D eigenvalue weighted by Crippen LogP contribution is 2.14. The molecule has 0 aliphatic rings. The van der Waals surface area contributed by atoms with Crippen LogP contribution in [0.2, 0.25) is 0 Å². The van der Waals surface area contributed by atoms with Crippen LogP contribution in [0.15, 0.2) is 0 Å². The van der Waals surface area contributed by atoms with Crippen molar-refractivity contribution in [2.24, 2.45) is 0 Å².